The SMILES string of the molecule is CC(C)N(CC(=O)O)C(=O)CCCC1CCOCC1. The molecule has 110 valence electrons. The molecule has 0 unspecified atom stereocenters. The van der Waals surface area contributed by atoms with Crippen LogP contribution in [0.4, 0.5) is 0 Å². The molecule has 1 aliphatic heterocycles. The van der Waals surface area contributed by atoms with Gasteiger partial charge in [0.2, 0.25) is 5.91 Å². The predicted molar refractivity (Wildman–Crippen MR) is 71.9 cm³/mol. The summed E-state index contributed by atoms with van der Waals surface area (Å²) in [7, 11) is 0. The van der Waals surface area contributed by atoms with Crippen molar-refractivity contribution in [1.82, 2.24) is 4.90 Å². The van der Waals surface area contributed by atoms with Gasteiger partial charge in [-0.2, -0.15) is 0 Å². The lowest BCUT2D eigenvalue weighted by molar-refractivity contribution is -0.145. The van der Waals surface area contributed by atoms with Crippen molar-refractivity contribution in [3.05, 3.63) is 0 Å². The average molecular weight is 271 g/mol. The van der Waals surface area contributed by atoms with E-state index in [2.05, 4.69) is 0 Å². The molecule has 5 heteroatoms. The van der Waals surface area contributed by atoms with Crippen molar-refractivity contribution in [2.75, 3.05) is 19.8 Å². The van der Waals surface area contributed by atoms with E-state index < -0.39 is 5.97 Å². The average Bonchev–Trinajstić information content (AvgIpc) is 2.36. The highest BCUT2D eigenvalue weighted by molar-refractivity contribution is 5.81. The number of carbonyl (C=O) groups is 2. The van der Waals surface area contributed by atoms with Crippen molar-refractivity contribution in [3.63, 3.8) is 0 Å². The van der Waals surface area contributed by atoms with Crippen LogP contribution in [0.15, 0.2) is 0 Å². The van der Waals surface area contributed by atoms with Gasteiger partial charge in [-0.25, -0.2) is 0 Å². The van der Waals surface area contributed by atoms with Gasteiger partial charge >= 0.3 is 5.97 Å². The fraction of sp³-hybridized carbons (Fsp3) is 0.857. The lowest BCUT2D eigenvalue weighted by Gasteiger charge is -2.26. The van der Waals surface area contributed by atoms with Gasteiger partial charge in [0.1, 0.15) is 6.54 Å². The minimum atomic E-state index is -0.952. The van der Waals surface area contributed by atoms with Crippen molar-refractivity contribution in [2.45, 2.75) is 52.0 Å². The summed E-state index contributed by atoms with van der Waals surface area (Å²) in [6.45, 7) is 5.15. The summed E-state index contributed by atoms with van der Waals surface area (Å²) in [4.78, 5) is 24.2. The van der Waals surface area contributed by atoms with Gasteiger partial charge in [-0.15, -0.1) is 0 Å². The van der Waals surface area contributed by atoms with Crippen LogP contribution < -0.4 is 0 Å². The summed E-state index contributed by atoms with van der Waals surface area (Å²) in [5.41, 5.74) is 0. The lowest BCUT2D eigenvalue weighted by atomic mass is 9.94. The predicted octanol–water partition coefficient (Wildman–Crippen LogP) is 1.90. The highest BCUT2D eigenvalue weighted by Crippen LogP contribution is 2.21. The molecular formula is C14H25NO4. The summed E-state index contributed by atoms with van der Waals surface area (Å²) in [6.07, 6.45) is 4.48. The summed E-state index contributed by atoms with van der Waals surface area (Å²) in [5.74, 6) is -0.343. The molecule has 1 saturated heterocycles. The molecule has 1 fully saturated rings. The molecule has 0 bridgehead atoms. The number of amides is 1. The van der Waals surface area contributed by atoms with E-state index in [1.807, 2.05) is 13.8 Å². The van der Waals surface area contributed by atoms with Gasteiger partial charge in [-0.05, 0) is 45.4 Å². The molecule has 0 aromatic rings. The Labute approximate surface area is 114 Å². The molecule has 5 nitrogen and oxygen atoms in total. The number of nitrogens with zero attached hydrogens (tertiary/aromatic N) is 1. The van der Waals surface area contributed by atoms with E-state index in [0.717, 1.165) is 38.9 Å². The number of carboxylic acids is 1. The fourth-order valence-corrected chi connectivity index (χ4v) is 2.43. The van der Waals surface area contributed by atoms with Gasteiger partial charge in [0.25, 0.3) is 0 Å². The van der Waals surface area contributed by atoms with E-state index in [1.165, 1.54) is 4.90 Å². The Morgan fingerprint density at radius 2 is 1.95 bits per heavy atom. The number of hydrogen-bond donors (Lipinski definition) is 1. The van der Waals surface area contributed by atoms with E-state index in [9.17, 15) is 9.59 Å². The van der Waals surface area contributed by atoms with Crippen molar-refractivity contribution in [3.8, 4) is 0 Å². The summed E-state index contributed by atoms with van der Waals surface area (Å²) in [5, 5.41) is 8.80. The first-order chi connectivity index (χ1) is 9.00. The van der Waals surface area contributed by atoms with Gasteiger partial charge in [-0.1, -0.05) is 0 Å². The van der Waals surface area contributed by atoms with Crippen molar-refractivity contribution in [1.29, 1.82) is 0 Å². The fourth-order valence-electron chi connectivity index (χ4n) is 2.43. The number of hydrogen-bond acceptors (Lipinski definition) is 3. The molecule has 0 spiro atoms. The van der Waals surface area contributed by atoms with E-state index >= 15 is 0 Å². The smallest absolute Gasteiger partial charge is 0.323 e. The number of carboxylic acid groups (broad SMARTS) is 1. The van der Waals surface area contributed by atoms with Crippen molar-refractivity contribution >= 4 is 11.9 Å². The van der Waals surface area contributed by atoms with E-state index in [-0.39, 0.29) is 18.5 Å². The number of rotatable bonds is 7. The van der Waals surface area contributed by atoms with Crippen LogP contribution in [-0.2, 0) is 14.3 Å². The monoisotopic (exact) mass is 271 g/mol. The quantitative estimate of drug-likeness (QED) is 0.768. The van der Waals surface area contributed by atoms with Crippen LogP contribution in [0.1, 0.15) is 46.0 Å². The second-order valence-corrected chi connectivity index (χ2v) is 5.46. The largest absolute Gasteiger partial charge is 0.480 e. The second kappa shape index (κ2) is 8.15. The van der Waals surface area contributed by atoms with Crippen LogP contribution in [0.25, 0.3) is 0 Å². The van der Waals surface area contributed by atoms with Gasteiger partial charge in [0.15, 0.2) is 0 Å². The van der Waals surface area contributed by atoms with Crippen LogP contribution in [0.3, 0.4) is 0 Å². The summed E-state index contributed by atoms with van der Waals surface area (Å²) < 4.78 is 5.30. The minimum Gasteiger partial charge on any atom is -0.480 e. The van der Waals surface area contributed by atoms with Crippen LogP contribution in [0.5, 0.6) is 0 Å². The highest BCUT2D eigenvalue weighted by Gasteiger charge is 2.20. The Balaban J connectivity index is 2.29. The number of aliphatic carboxylic acids is 1. The molecule has 0 aromatic carbocycles. The molecule has 0 aromatic heterocycles. The normalized spacial score (nSPS) is 16.6. The van der Waals surface area contributed by atoms with E-state index in [1.54, 1.807) is 0 Å². The molecule has 0 radical (unpaired) electrons. The van der Waals surface area contributed by atoms with E-state index in [4.69, 9.17) is 9.84 Å². The zero-order valence-electron chi connectivity index (χ0n) is 11.9. The van der Waals surface area contributed by atoms with Gasteiger partial charge in [0, 0.05) is 25.7 Å². The third-order valence-electron chi connectivity index (χ3n) is 3.59. The van der Waals surface area contributed by atoms with Crippen molar-refractivity contribution < 1.29 is 19.4 Å². The number of carbonyl (C=O) groups excluding carboxylic acids is 1. The highest BCUT2D eigenvalue weighted by atomic mass is 16.5. The summed E-state index contributed by atoms with van der Waals surface area (Å²) >= 11 is 0. The first-order valence-electron chi connectivity index (χ1n) is 7.09. The maximum atomic E-state index is 12.0. The molecule has 1 N–H and O–H groups in total. The van der Waals surface area contributed by atoms with Crippen LogP contribution >= 0.6 is 0 Å². The Morgan fingerprint density at radius 1 is 1.32 bits per heavy atom. The third kappa shape index (κ3) is 6.05. The molecule has 19 heavy (non-hydrogen) atoms. The van der Waals surface area contributed by atoms with Gasteiger partial charge < -0.3 is 14.7 Å². The topological polar surface area (TPSA) is 66.8 Å². The molecule has 1 rings (SSSR count). The van der Waals surface area contributed by atoms with Gasteiger partial charge in [0.05, 0.1) is 0 Å². The minimum absolute atomic E-state index is 0.0514. The molecule has 1 heterocycles. The zero-order valence-corrected chi connectivity index (χ0v) is 11.9. The second-order valence-electron chi connectivity index (χ2n) is 5.46. The Morgan fingerprint density at radius 3 is 2.47 bits per heavy atom. The lowest BCUT2D eigenvalue weighted by Crippen LogP contribution is -2.40. The molecular weight excluding hydrogens is 246 g/mol. The number of ether oxygens (including phenoxy) is 1. The molecule has 1 amide bonds. The molecule has 0 saturated carbocycles. The summed E-state index contributed by atoms with van der Waals surface area (Å²) in [6, 6.07) is -0.0633. The Bertz CT molecular complexity index is 298. The van der Waals surface area contributed by atoms with Gasteiger partial charge in [-0.3, -0.25) is 9.59 Å². The standard InChI is InChI=1S/C14H25NO4/c1-11(2)15(10-14(17)18)13(16)5-3-4-12-6-8-19-9-7-12/h11-12H,3-10H2,1-2H3,(H,17,18). The van der Waals surface area contributed by atoms with Crippen LogP contribution in [0, 0.1) is 5.92 Å². The zero-order chi connectivity index (χ0) is 14.3. The van der Waals surface area contributed by atoms with E-state index in [0.29, 0.717) is 12.3 Å². The Hall–Kier alpha value is -1.10. The molecule has 0 aliphatic carbocycles. The first kappa shape index (κ1) is 16.0. The maximum absolute atomic E-state index is 12.0. The first-order valence-corrected chi connectivity index (χ1v) is 7.09. The third-order valence-corrected chi connectivity index (χ3v) is 3.59. The Kier molecular flexibility index (Phi) is 6.84. The van der Waals surface area contributed by atoms with Crippen LogP contribution in [-0.4, -0.2) is 47.7 Å². The maximum Gasteiger partial charge on any atom is 0.323 e. The van der Waals surface area contributed by atoms with Crippen LogP contribution in [0.2, 0.25) is 0 Å². The molecule has 0 atom stereocenters. The molecule has 1 aliphatic rings. The van der Waals surface area contributed by atoms with Crippen molar-refractivity contribution in [2.24, 2.45) is 5.92 Å².